The van der Waals surface area contributed by atoms with Crippen LogP contribution in [0.1, 0.15) is 0 Å². The molecule has 0 heterocycles. The zero-order valence-corrected chi connectivity index (χ0v) is 8.91. The number of rotatable bonds is 1. The first-order valence-corrected chi connectivity index (χ1v) is 8.60. The summed E-state index contributed by atoms with van der Waals surface area (Å²) in [5, 5.41) is 0. The Morgan fingerprint density at radius 1 is 1.71 bits per heavy atom. The molecule has 0 aromatic heterocycles. The first kappa shape index (κ1) is 10.5. The summed E-state index contributed by atoms with van der Waals surface area (Å²) in [7, 11) is 1.58. The molecule has 0 rings (SSSR count). The Balaban J connectivity index is 0. The van der Waals surface area contributed by atoms with E-state index in [1.807, 2.05) is 0 Å². The molecule has 0 saturated heterocycles. The fourth-order valence-electron chi connectivity index (χ4n) is 0.0962. The molecule has 0 fully saturated rings. The fraction of sp³-hybridized carbons (Fsp3) is 0.250. The molecule has 0 aromatic carbocycles. The van der Waals surface area contributed by atoms with Crippen LogP contribution in [0.15, 0.2) is 12.3 Å². The normalized spacial score (nSPS) is 7.43. The van der Waals surface area contributed by atoms with Crippen molar-refractivity contribution in [2.45, 2.75) is 0 Å². The van der Waals surface area contributed by atoms with Crippen molar-refractivity contribution >= 4 is 13.6 Å². The van der Waals surface area contributed by atoms with E-state index in [2.05, 4.69) is 25.3 Å². The number of methoxy groups -OCH3 is 1. The Morgan fingerprint density at radius 3 is 2.14 bits per heavy atom. The van der Waals surface area contributed by atoms with E-state index in [9.17, 15) is 0 Å². The maximum atomic E-state index is 4.45. The quantitative estimate of drug-likeness (QED) is 0.369. The number of hydrogen-bond acceptors (Lipinski definition) is 1. The second kappa shape index (κ2) is 16.0. The molecular weight excluding hydrogens is 209 g/mol. The van der Waals surface area contributed by atoms with E-state index < -0.39 is 0 Å². The third-order valence-corrected chi connectivity index (χ3v) is 0.232. The molecule has 0 aromatic rings. The molecule has 0 bridgehead atoms. The first-order chi connectivity index (χ1) is 3.41. The van der Waals surface area contributed by atoms with Gasteiger partial charge in [-0.15, -0.1) is 0 Å². The summed E-state index contributed by atoms with van der Waals surface area (Å²) in [6, 6.07) is 0. The van der Waals surface area contributed by atoms with Gasteiger partial charge in [0.15, 0.2) is 0 Å². The molecule has 0 aliphatic rings. The van der Waals surface area contributed by atoms with Gasteiger partial charge in [-0.3, -0.25) is 0 Å². The van der Waals surface area contributed by atoms with Crippen LogP contribution in [0.5, 0.6) is 0 Å². The molecule has 0 amide bonds. The first-order valence-electron chi connectivity index (χ1n) is 1.65. The monoisotopic (exact) mass is 214 g/mol. The van der Waals surface area contributed by atoms with Crippen molar-refractivity contribution in [3.05, 3.63) is 19.3 Å². The summed E-state index contributed by atoms with van der Waals surface area (Å²) < 4.78 is 4.45. The summed E-state index contributed by atoms with van der Waals surface area (Å²) in [5.41, 5.74) is 0. The van der Waals surface area contributed by atoms with Crippen LogP contribution >= 0.6 is 13.6 Å². The zero-order chi connectivity index (χ0) is 6.12. The van der Waals surface area contributed by atoms with Crippen LogP contribution < -0.4 is 0 Å². The van der Waals surface area contributed by atoms with Gasteiger partial charge in [0.2, 0.25) is 0 Å². The topological polar surface area (TPSA) is 9.23 Å². The van der Waals surface area contributed by atoms with Gasteiger partial charge in [-0.2, -0.15) is 6.08 Å². The van der Waals surface area contributed by atoms with Crippen molar-refractivity contribution in [1.82, 2.24) is 0 Å². The van der Waals surface area contributed by atoms with Crippen molar-refractivity contribution in [1.29, 1.82) is 0 Å². The van der Waals surface area contributed by atoms with Gasteiger partial charge in [0.1, 0.15) is 0 Å². The minimum absolute atomic E-state index is 1.19. The van der Waals surface area contributed by atoms with Crippen LogP contribution in [0.2, 0.25) is 0 Å². The molecule has 38 valence electrons. The molecule has 0 aliphatic carbocycles. The summed E-state index contributed by atoms with van der Waals surface area (Å²) in [4.78, 5) is 0. The van der Waals surface area contributed by atoms with E-state index >= 15 is 0 Å². The average Bonchev–Trinajstić information content (AvgIpc) is 1.75. The Morgan fingerprint density at radius 2 is 2.14 bits per heavy atom. The number of hydrogen-bond donors (Lipinski definition) is 0. The van der Waals surface area contributed by atoms with Gasteiger partial charge in [-0.1, -0.05) is 6.26 Å². The van der Waals surface area contributed by atoms with Crippen LogP contribution in [0, 0.1) is 6.92 Å². The summed E-state index contributed by atoms with van der Waals surface area (Å²) in [5.74, 6) is 0. The maximum absolute atomic E-state index is 4.45. The van der Waals surface area contributed by atoms with Gasteiger partial charge >= 0.3 is 30.0 Å². The van der Waals surface area contributed by atoms with Gasteiger partial charge in [-0.25, -0.2) is 6.92 Å². The predicted octanol–water partition coefficient (Wildman–Crippen LogP) is 1.82. The summed E-state index contributed by atoms with van der Waals surface area (Å²) in [6.07, 6.45) is 3.10. The predicted molar refractivity (Wildman–Crippen MR) is 30.4 cm³/mol. The second-order valence-corrected chi connectivity index (χ2v) is 0.607. The Kier molecular flexibility index (Phi) is 24.0. The van der Waals surface area contributed by atoms with E-state index in [0.29, 0.717) is 0 Å². The molecule has 0 atom stereocenters. The molecule has 1 nitrogen and oxygen atoms in total. The SMILES string of the molecule is [CH2-]/C=C\OC.[Zn+][Br]. The van der Waals surface area contributed by atoms with E-state index in [1.54, 1.807) is 13.2 Å². The van der Waals surface area contributed by atoms with Crippen molar-refractivity contribution in [3.8, 4) is 0 Å². The van der Waals surface area contributed by atoms with Gasteiger partial charge in [0, 0.05) is 0 Å². The minimum atomic E-state index is 1.19. The Labute approximate surface area is 61.2 Å². The molecular formula is C4H7BrOZn. The molecule has 0 N–H and O–H groups in total. The van der Waals surface area contributed by atoms with Gasteiger partial charge in [-0.05, 0) is 0 Å². The van der Waals surface area contributed by atoms with Crippen molar-refractivity contribution in [3.63, 3.8) is 0 Å². The van der Waals surface area contributed by atoms with Gasteiger partial charge in [0.05, 0.1) is 7.11 Å². The van der Waals surface area contributed by atoms with Crippen LogP contribution in [-0.2, 0) is 21.1 Å². The van der Waals surface area contributed by atoms with E-state index in [4.69, 9.17) is 0 Å². The molecule has 0 spiro atoms. The fourth-order valence-corrected chi connectivity index (χ4v) is 0.0962. The van der Waals surface area contributed by atoms with Crippen LogP contribution in [0.3, 0.4) is 0 Å². The molecule has 0 unspecified atom stereocenters. The van der Waals surface area contributed by atoms with Gasteiger partial charge in [0.25, 0.3) is 0 Å². The number of halogens is 1. The third kappa shape index (κ3) is 21.0. The third-order valence-electron chi connectivity index (χ3n) is 0.232. The zero-order valence-electron chi connectivity index (χ0n) is 4.36. The summed E-state index contributed by atoms with van der Waals surface area (Å²) >= 11 is 4.25. The number of allylic oxidation sites excluding steroid dienone is 1. The van der Waals surface area contributed by atoms with E-state index in [1.165, 1.54) is 22.6 Å². The average molecular weight is 216 g/mol. The standard InChI is InChI=1S/C4H7O.BrH.Zn/c1-3-4-5-2;;/h3-4H,1H2,2H3;1H;/q-1;;+2/p-1/b4-3-;;. The summed E-state index contributed by atoms with van der Waals surface area (Å²) in [6.45, 7) is 3.37. The van der Waals surface area contributed by atoms with Crippen molar-refractivity contribution < 1.29 is 21.1 Å². The van der Waals surface area contributed by atoms with Crippen molar-refractivity contribution in [2.24, 2.45) is 0 Å². The molecule has 0 radical (unpaired) electrons. The van der Waals surface area contributed by atoms with Crippen molar-refractivity contribution in [2.75, 3.05) is 7.11 Å². The van der Waals surface area contributed by atoms with E-state index in [-0.39, 0.29) is 0 Å². The molecule has 0 aliphatic heterocycles. The van der Waals surface area contributed by atoms with Crippen LogP contribution in [0.25, 0.3) is 0 Å². The van der Waals surface area contributed by atoms with Crippen LogP contribution in [-0.4, -0.2) is 7.11 Å². The van der Waals surface area contributed by atoms with Gasteiger partial charge < -0.3 is 4.74 Å². The Hall–Kier alpha value is 0.513. The molecule has 3 heteroatoms. The molecule has 0 saturated carbocycles. The Bertz CT molecular complexity index is 38.7. The molecule has 7 heavy (non-hydrogen) atoms. The van der Waals surface area contributed by atoms with E-state index in [0.717, 1.165) is 0 Å². The second-order valence-electron chi connectivity index (χ2n) is 0.607. The number of ether oxygens (including phenoxy) is 1. The van der Waals surface area contributed by atoms with Crippen LogP contribution in [0.4, 0.5) is 0 Å².